The highest BCUT2D eigenvalue weighted by atomic mass is 35.5. The second-order valence-electron chi connectivity index (χ2n) is 6.75. The van der Waals surface area contributed by atoms with E-state index in [9.17, 15) is 14.0 Å². The molecule has 1 aliphatic heterocycles. The fourth-order valence-electron chi connectivity index (χ4n) is 3.41. The van der Waals surface area contributed by atoms with Gasteiger partial charge in [-0.2, -0.15) is 0 Å². The van der Waals surface area contributed by atoms with E-state index in [1.165, 1.54) is 26.4 Å². The molecule has 160 valence electrons. The smallest absolute Gasteiger partial charge is 0.327 e. The fourth-order valence-corrected chi connectivity index (χ4v) is 3.65. The molecule has 0 spiro atoms. The van der Waals surface area contributed by atoms with E-state index in [1.807, 2.05) is 11.0 Å². The van der Waals surface area contributed by atoms with Gasteiger partial charge in [0.05, 0.1) is 14.2 Å². The number of nitrogens with one attached hydrogen (secondary N) is 1. The molecule has 0 aliphatic carbocycles. The van der Waals surface area contributed by atoms with Gasteiger partial charge in [-0.25, -0.2) is 14.0 Å². The third kappa shape index (κ3) is 4.83. The number of carbonyl (C=O) groups is 2. The summed E-state index contributed by atoms with van der Waals surface area (Å²) >= 11 is 6.29. The molecule has 9 heteroatoms. The number of anilines is 1. The molecule has 30 heavy (non-hydrogen) atoms. The minimum Gasteiger partial charge on any atom is -0.494 e. The average molecular weight is 436 g/mol. The van der Waals surface area contributed by atoms with Crippen LogP contribution in [0.25, 0.3) is 0 Å². The van der Waals surface area contributed by atoms with E-state index in [2.05, 4.69) is 5.32 Å². The molecule has 2 aromatic carbocycles. The van der Waals surface area contributed by atoms with Crippen molar-refractivity contribution < 1.29 is 23.5 Å². The lowest BCUT2D eigenvalue weighted by Gasteiger charge is -2.38. The highest BCUT2D eigenvalue weighted by Gasteiger charge is 2.33. The van der Waals surface area contributed by atoms with E-state index in [4.69, 9.17) is 21.1 Å². The van der Waals surface area contributed by atoms with Gasteiger partial charge >= 0.3 is 12.0 Å². The SMILES string of the molecule is COC(=O)[C@@H](c1ccccc1Cl)N1CCN(C(=O)Nc2ccc(OC)c(F)c2)CC1. The molecule has 0 unspecified atom stereocenters. The van der Waals surface area contributed by atoms with Crippen molar-refractivity contribution in [3.63, 3.8) is 0 Å². The first-order valence-corrected chi connectivity index (χ1v) is 9.78. The molecule has 1 atom stereocenters. The predicted molar refractivity (Wildman–Crippen MR) is 111 cm³/mol. The van der Waals surface area contributed by atoms with E-state index < -0.39 is 17.8 Å². The Labute approximate surface area is 179 Å². The van der Waals surface area contributed by atoms with Crippen LogP contribution in [-0.2, 0) is 9.53 Å². The summed E-state index contributed by atoms with van der Waals surface area (Å²) in [7, 11) is 2.71. The molecule has 0 bridgehead atoms. The van der Waals surface area contributed by atoms with Gasteiger partial charge in [-0.05, 0) is 23.8 Å². The Kier molecular flexibility index (Phi) is 7.12. The first-order valence-electron chi connectivity index (χ1n) is 9.40. The Morgan fingerprint density at radius 1 is 1.10 bits per heavy atom. The van der Waals surface area contributed by atoms with Crippen LogP contribution in [0.2, 0.25) is 5.02 Å². The Morgan fingerprint density at radius 2 is 1.80 bits per heavy atom. The second-order valence-corrected chi connectivity index (χ2v) is 7.16. The summed E-state index contributed by atoms with van der Waals surface area (Å²) in [6.07, 6.45) is 0. The number of halogens is 2. The van der Waals surface area contributed by atoms with Crippen LogP contribution in [-0.4, -0.2) is 62.2 Å². The summed E-state index contributed by atoms with van der Waals surface area (Å²) in [6.45, 7) is 1.69. The molecule has 2 amide bonds. The molecule has 0 radical (unpaired) electrons. The molecule has 2 aromatic rings. The molecule has 7 nitrogen and oxygen atoms in total. The zero-order valence-corrected chi connectivity index (χ0v) is 17.5. The Bertz CT molecular complexity index is 919. The van der Waals surface area contributed by atoms with Crippen molar-refractivity contribution in [2.45, 2.75) is 6.04 Å². The maximum atomic E-state index is 13.8. The molecule has 1 aliphatic rings. The molecule has 0 saturated carbocycles. The third-order valence-electron chi connectivity index (χ3n) is 4.99. The molecule has 1 fully saturated rings. The molecular formula is C21H23ClFN3O4. The van der Waals surface area contributed by atoms with Gasteiger partial charge in [0.15, 0.2) is 11.6 Å². The van der Waals surface area contributed by atoms with Gasteiger partial charge in [-0.1, -0.05) is 29.8 Å². The summed E-state index contributed by atoms with van der Waals surface area (Å²) in [6, 6.07) is 10.4. The predicted octanol–water partition coefficient (Wildman–Crippen LogP) is 3.55. The summed E-state index contributed by atoms with van der Waals surface area (Å²) in [5.74, 6) is -0.856. The summed E-state index contributed by atoms with van der Waals surface area (Å²) < 4.78 is 23.7. The number of rotatable bonds is 5. The summed E-state index contributed by atoms with van der Waals surface area (Å²) in [5.41, 5.74) is 1.00. The number of hydrogen-bond donors (Lipinski definition) is 1. The first-order chi connectivity index (χ1) is 14.4. The number of esters is 1. The van der Waals surface area contributed by atoms with Crippen LogP contribution in [0.4, 0.5) is 14.9 Å². The van der Waals surface area contributed by atoms with Gasteiger partial charge in [-0.15, -0.1) is 0 Å². The number of ether oxygens (including phenoxy) is 2. The molecule has 1 saturated heterocycles. The number of amides is 2. The fraction of sp³-hybridized carbons (Fsp3) is 0.333. The van der Waals surface area contributed by atoms with E-state index in [0.717, 1.165) is 0 Å². The average Bonchev–Trinajstić information content (AvgIpc) is 2.75. The van der Waals surface area contributed by atoms with Crippen molar-refractivity contribution in [1.29, 1.82) is 0 Å². The van der Waals surface area contributed by atoms with Crippen molar-refractivity contribution in [1.82, 2.24) is 9.80 Å². The highest BCUT2D eigenvalue weighted by molar-refractivity contribution is 6.31. The van der Waals surface area contributed by atoms with Crippen molar-refractivity contribution in [3.05, 3.63) is 58.9 Å². The highest BCUT2D eigenvalue weighted by Crippen LogP contribution is 2.29. The third-order valence-corrected chi connectivity index (χ3v) is 5.34. The minimum absolute atomic E-state index is 0.107. The van der Waals surface area contributed by atoms with E-state index in [0.29, 0.717) is 42.5 Å². The lowest BCUT2D eigenvalue weighted by Crippen LogP contribution is -2.52. The van der Waals surface area contributed by atoms with Gasteiger partial charge < -0.3 is 19.7 Å². The van der Waals surface area contributed by atoms with E-state index >= 15 is 0 Å². The van der Waals surface area contributed by atoms with Gasteiger partial charge in [0.25, 0.3) is 0 Å². The molecule has 1 heterocycles. The number of methoxy groups -OCH3 is 2. The van der Waals surface area contributed by atoms with Gasteiger partial charge in [0.2, 0.25) is 0 Å². The van der Waals surface area contributed by atoms with E-state index in [-0.39, 0.29) is 11.8 Å². The van der Waals surface area contributed by atoms with Crippen LogP contribution in [0.1, 0.15) is 11.6 Å². The number of benzene rings is 2. The monoisotopic (exact) mass is 435 g/mol. The lowest BCUT2D eigenvalue weighted by atomic mass is 10.0. The van der Waals surface area contributed by atoms with Crippen molar-refractivity contribution >= 4 is 29.3 Å². The second kappa shape index (κ2) is 9.77. The van der Waals surface area contributed by atoms with Gasteiger partial charge in [-0.3, -0.25) is 4.90 Å². The van der Waals surface area contributed by atoms with Crippen LogP contribution < -0.4 is 10.1 Å². The Hall–Kier alpha value is -2.84. The zero-order valence-electron chi connectivity index (χ0n) is 16.7. The van der Waals surface area contributed by atoms with Gasteiger partial charge in [0.1, 0.15) is 6.04 Å². The topological polar surface area (TPSA) is 71.1 Å². The molecular weight excluding hydrogens is 413 g/mol. The molecule has 0 aromatic heterocycles. The number of urea groups is 1. The normalized spacial score (nSPS) is 15.4. The number of hydrogen-bond acceptors (Lipinski definition) is 5. The van der Waals surface area contributed by atoms with Crippen LogP contribution in [0, 0.1) is 5.82 Å². The Balaban J connectivity index is 1.65. The summed E-state index contributed by atoms with van der Waals surface area (Å²) in [4.78, 5) is 28.5. The van der Waals surface area contributed by atoms with Crippen molar-refractivity contribution in [3.8, 4) is 5.75 Å². The Morgan fingerprint density at radius 3 is 2.40 bits per heavy atom. The molecule has 1 N–H and O–H groups in total. The largest absolute Gasteiger partial charge is 0.494 e. The standard InChI is InChI=1S/C21H23ClFN3O4/c1-29-18-8-7-14(13-17(18)23)24-21(28)26-11-9-25(10-12-26)19(20(27)30-2)15-5-3-4-6-16(15)22/h3-8,13,19H,9-12H2,1-2H3,(H,24,28)/t19-/m1/s1. The van der Waals surface area contributed by atoms with Crippen LogP contribution in [0.3, 0.4) is 0 Å². The number of carbonyl (C=O) groups excluding carboxylic acids is 2. The minimum atomic E-state index is -0.649. The van der Waals surface area contributed by atoms with Crippen LogP contribution in [0.15, 0.2) is 42.5 Å². The zero-order chi connectivity index (χ0) is 21.7. The maximum absolute atomic E-state index is 13.8. The van der Waals surface area contributed by atoms with Crippen molar-refractivity contribution in [2.75, 3.05) is 45.7 Å². The number of piperazine rings is 1. The molecule has 3 rings (SSSR count). The van der Waals surface area contributed by atoms with Crippen LogP contribution in [0.5, 0.6) is 5.75 Å². The van der Waals surface area contributed by atoms with E-state index in [1.54, 1.807) is 29.2 Å². The maximum Gasteiger partial charge on any atom is 0.327 e. The number of nitrogens with zero attached hydrogens (tertiary/aromatic N) is 2. The quantitative estimate of drug-likeness (QED) is 0.727. The van der Waals surface area contributed by atoms with Gasteiger partial charge in [0, 0.05) is 43.0 Å². The van der Waals surface area contributed by atoms with Crippen LogP contribution >= 0.6 is 11.6 Å². The first kappa shape index (κ1) is 21.9. The lowest BCUT2D eigenvalue weighted by molar-refractivity contribution is -0.148. The summed E-state index contributed by atoms with van der Waals surface area (Å²) in [5, 5.41) is 3.16. The van der Waals surface area contributed by atoms with Crippen molar-refractivity contribution in [2.24, 2.45) is 0 Å².